The fourth-order valence-electron chi connectivity index (χ4n) is 2.52. The van der Waals surface area contributed by atoms with Crippen molar-refractivity contribution in [1.82, 2.24) is 28.8 Å². The third-order valence-electron chi connectivity index (χ3n) is 3.80. The Labute approximate surface area is 148 Å². The lowest BCUT2D eigenvalue weighted by Gasteiger charge is -2.05. The summed E-state index contributed by atoms with van der Waals surface area (Å²) in [6, 6.07) is 3.77. The lowest BCUT2D eigenvalue weighted by molar-refractivity contribution is 0.372. The van der Waals surface area contributed by atoms with Gasteiger partial charge in [0.05, 0.1) is 4.88 Å². The van der Waals surface area contributed by atoms with Crippen molar-refractivity contribution in [2.75, 3.05) is 0 Å². The van der Waals surface area contributed by atoms with Crippen LogP contribution < -0.4 is 11.2 Å². The fourth-order valence-corrected chi connectivity index (χ4v) is 3.40. The molecule has 128 valence electrons. The molecule has 0 fully saturated rings. The molecule has 0 N–H and O–H groups in total. The zero-order valence-electron chi connectivity index (χ0n) is 13.1. The number of fused-ring (bicyclic) bond motifs is 1. The quantitative estimate of drug-likeness (QED) is 0.497. The largest absolute Gasteiger partial charge is 0.337 e. The summed E-state index contributed by atoms with van der Waals surface area (Å²) in [7, 11) is 2.93. The minimum absolute atomic E-state index is 0.0594. The predicted molar refractivity (Wildman–Crippen MR) is 91.9 cm³/mol. The first-order valence-corrected chi connectivity index (χ1v) is 8.41. The van der Waals surface area contributed by atoms with E-state index in [1.54, 1.807) is 0 Å². The average molecular weight is 379 g/mol. The van der Waals surface area contributed by atoms with E-state index in [2.05, 4.69) is 15.1 Å². The van der Waals surface area contributed by atoms with Crippen molar-refractivity contribution in [1.29, 1.82) is 0 Å². The van der Waals surface area contributed by atoms with Gasteiger partial charge in [0, 0.05) is 14.1 Å². The smallest absolute Gasteiger partial charge is 0.332 e. The van der Waals surface area contributed by atoms with Gasteiger partial charge in [-0.1, -0.05) is 11.2 Å². The van der Waals surface area contributed by atoms with Crippen LogP contribution in [-0.2, 0) is 20.6 Å². The van der Waals surface area contributed by atoms with Crippen LogP contribution in [0.15, 0.2) is 31.6 Å². The molecule has 9 nitrogen and oxygen atoms in total. The first-order chi connectivity index (χ1) is 12.0. The molecule has 0 aliphatic rings. The highest BCUT2D eigenvalue weighted by Gasteiger charge is 2.20. The summed E-state index contributed by atoms with van der Waals surface area (Å²) in [6.07, 6.45) is 0. The van der Waals surface area contributed by atoms with E-state index in [1.165, 1.54) is 34.6 Å². The van der Waals surface area contributed by atoms with Crippen molar-refractivity contribution in [3.8, 4) is 10.7 Å². The maximum absolute atomic E-state index is 12.5. The zero-order chi connectivity index (χ0) is 17.7. The number of nitrogens with zero attached hydrogens (tertiary/aromatic N) is 6. The molecule has 0 radical (unpaired) electrons. The Balaban J connectivity index is 1.84. The fraction of sp³-hybridized carbons (Fsp3) is 0.214. The first kappa shape index (κ1) is 15.8. The summed E-state index contributed by atoms with van der Waals surface area (Å²) in [6.45, 7) is 0.0706. The summed E-state index contributed by atoms with van der Waals surface area (Å²) in [4.78, 5) is 33.8. The second kappa shape index (κ2) is 5.67. The van der Waals surface area contributed by atoms with Crippen LogP contribution in [-0.4, -0.2) is 28.8 Å². The molecule has 0 amide bonds. The van der Waals surface area contributed by atoms with Crippen LogP contribution in [0.5, 0.6) is 0 Å². The number of aromatic nitrogens is 6. The molecular formula is C14H11ClN6O3S. The Bertz CT molecular complexity index is 1200. The standard InChI is InChI=1S/C14H11ClN6O3S/c1-19-11-9(12(22)20(2)14(19)23)21(13(15)17-11)6-8-16-10(18-24-8)7-4-3-5-25-7/h3-5H,6H2,1-2H3. The Hall–Kier alpha value is -2.72. The Morgan fingerprint density at radius 3 is 2.76 bits per heavy atom. The van der Waals surface area contributed by atoms with Crippen LogP contribution in [0.1, 0.15) is 5.89 Å². The summed E-state index contributed by atoms with van der Waals surface area (Å²) in [5.41, 5.74) is -0.561. The number of hydrogen-bond donors (Lipinski definition) is 0. The summed E-state index contributed by atoms with van der Waals surface area (Å²) in [5.74, 6) is 0.742. The number of aryl methyl sites for hydroxylation is 1. The molecule has 11 heteroatoms. The molecule has 4 aromatic rings. The van der Waals surface area contributed by atoms with E-state index in [0.29, 0.717) is 5.82 Å². The van der Waals surface area contributed by atoms with E-state index in [1.807, 2.05) is 17.5 Å². The van der Waals surface area contributed by atoms with Gasteiger partial charge in [-0.05, 0) is 23.0 Å². The van der Waals surface area contributed by atoms with Crippen molar-refractivity contribution >= 4 is 34.1 Å². The van der Waals surface area contributed by atoms with Crippen LogP contribution in [0.2, 0.25) is 5.28 Å². The van der Waals surface area contributed by atoms with Crippen molar-refractivity contribution in [2.24, 2.45) is 14.1 Å². The number of imidazole rings is 1. The molecule has 0 unspecified atom stereocenters. The molecule has 4 aromatic heterocycles. The normalized spacial score (nSPS) is 11.5. The molecule has 4 heterocycles. The van der Waals surface area contributed by atoms with Crippen LogP contribution in [0, 0.1) is 0 Å². The van der Waals surface area contributed by atoms with Gasteiger partial charge in [-0.15, -0.1) is 11.3 Å². The van der Waals surface area contributed by atoms with Gasteiger partial charge in [-0.25, -0.2) is 4.79 Å². The van der Waals surface area contributed by atoms with Crippen LogP contribution in [0.25, 0.3) is 21.9 Å². The first-order valence-electron chi connectivity index (χ1n) is 7.15. The Morgan fingerprint density at radius 2 is 2.04 bits per heavy atom. The van der Waals surface area contributed by atoms with Crippen LogP contribution in [0.3, 0.4) is 0 Å². The van der Waals surface area contributed by atoms with Gasteiger partial charge in [0.25, 0.3) is 5.56 Å². The molecule has 0 bridgehead atoms. The second-order valence-electron chi connectivity index (χ2n) is 5.33. The summed E-state index contributed by atoms with van der Waals surface area (Å²) < 4.78 is 8.97. The number of halogens is 1. The molecule has 0 atom stereocenters. The third-order valence-corrected chi connectivity index (χ3v) is 4.96. The minimum atomic E-state index is -0.490. The molecule has 0 aromatic carbocycles. The molecule has 25 heavy (non-hydrogen) atoms. The van der Waals surface area contributed by atoms with Gasteiger partial charge in [-0.2, -0.15) is 9.97 Å². The van der Waals surface area contributed by atoms with Crippen molar-refractivity contribution < 1.29 is 4.52 Å². The highest BCUT2D eigenvalue weighted by molar-refractivity contribution is 7.13. The van der Waals surface area contributed by atoms with Crippen molar-refractivity contribution in [2.45, 2.75) is 6.54 Å². The van der Waals surface area contributed by atoms with E-state index < -0.39 is 11.2 Å². The SMILES string of the molecule is Cn1c(=O)c2c(nc(Cl)n2Cc2nc(-c3cccs3)no2)n(C)c1=O. The maximum atomic E-state index is 12.5. The Kier molecular flexibility index (Phi) is 3.58. The predicted octanol–water partition coefficient (Wildman–Crippen LogP) is 1.25. The maximum Gasteiger partial charge on any atom is 0.332 e. The zero-order valence-corrected chi connectivity index (χ0v) is 14.7. The van der Waals surface area contributed by atoms with Crippen molar-refractivity contribution in [3.05, 3.63) is 49.5 Å². The van der Waals surface area contributed by atoms with E-state index in [4.69, 9.17) is 16.1 Å². The number of thiophene rings is 1. The van der Waals surface area contributed by atoms with Gasteiger partial charge >= 0.3 is 5.69 Å². The van der Waals surface area contributed by atoms with Gasteiger partial charge in [-0.3, -0.25) is 18.5 Å². The second-order valence-corrected chi connectivity index (χ2v) is 6.62. The molecule has 0 saturated heterocycles. The van der Waals surface area contributed by atoms with E-state index in [0.717, 1.165) is 9.44 Å². The average Bonchev–Trinajstić information content (AvgIpc) is 3.32. The monoisotopic (exact) mass is 378 g/mol. The molecule has 4 rings (SSSR count). The van der Waals surface area contributed by atoms with E-state index in [9.17, 15) is 9.59 Å². The highest BCUT2D eigenvalue weighted by Crippen LogP contribution is 2.22. The van der Waals surface area contributed by atoms with Crippen molar-refractivity contribution in [3.63, 3.8) is 0 Å². The lowest BCUT2D eigenvalue weighted by atomic mass is 10.4. The molecular weight excluding hydrogens is 368 g/mol. The van der Waals surface area contributed by atoms with Gasteiger partial charge in [0.2, 0.25) is 17.0 Å². The van der Waals surface area contributed by atoms with Crippen LogP contribution >= 0.6 is 22.9 Å². The molecule has 0 aliphatic carbocycles. The van der Waals surface area contributed by atoms with E-state index in [-0.39, 0.29) is 28.9 Å². The molecule has 0 aliphatic heterocycles. The number of hydrogen-bond acceptors (Lipinski definition) is 7. The van der Waals surface area contributed by atoms with Gasteiger partial charge in [0.1, 0.15) is 6.54 Å². The highest BCUT2D eigenvalue weighted by atomic mass is 35.5. The Morgan fingerprint density at radius 1 is 1.24 bits per heavy atom. The van der Waals surface area contributed by atoms with Crippen LogP contribution in [0.4, 0.5) is 0 Å². The third kappa shape index (κ3) is 2.41. The summed E-state index contributed by atoms with van der Waals surface area (Å²) >= 11 is 7.66. The molecule has 0 spiro atoms. The topological polar surface area (TPSA) is 101 Å². The number of rotatable bonds is 3. The van der Waals surface area contributed by atoms with Gasteiger partial charge in [0.15, 0.2) is 11.2 Å². The minimum Gasteiger partial charge on any atom is -0.337 e. The lowest BCUT2D eigenvalue weighted by Crippen LogP contribution is -2.37. The van der Waals surface area contributed by atoms with E-state index >= 15 is 0 Å². The van der Waals surface area contributed by atoms with Gasteiger partial charge < -0.3 is 4.52 Å². The molecule has 0 saturated carbocycles. The summed E-state index contributed by atoms with van der Waals surface area (Å²) in [5, 5.41) is 5.90.